The summed E-state index contributed by atoms with van der Waals surface area (Å²) in [7, 11) is 3.19. The highest BCUT2D eigenvalue weighted by atomic mass is 79.9. The van der Waals surface area contributed by atoms with Crippen LogP contribution in [0.1, 0.15) is 15.9 Å². The van der Waals surface area contributed by atoms with Crippen LogP contribution in [0.2, 0.25) is 0 Å². The van der Waals surface area contributed by atoms with E-state index >= 15 is 0 Å². The van der Waals surface area contributed by atoms with E-state index in [-0.39, 0.29) is 5.91 Å². The SMILES string of the molecule is COc1cc(CNC(=O)c2ccccc2Br)cc(OC)c1. The van der Waals surface area contributed by atoms with Gasteiger partial charge in [0.2, 0.25) is 0 Å². The Morgan fingerprint density at radius 2 is 1.71 bits per heavy atom. The van der Waals surface area contributed by atoms with E-state index in [1.165, 1.54) is 0 Å². The number of benzene rings is 2. The van der Waals surface area contributed by atoms with Crippen LogP contribution >= 0.6 is 15.9 Å². The normalized spacial score (nSPS) is 10.0. The fraction of sp³-hybridized carbons (Fsp3) is 0.188. The first-order valence-electron chi connectivity index (χ1n) is 6.38. The third-order valence-corrected chi connectivity index (χ3v) is 3.67. The van der Waals surface area contributed by atoms with Crippen molar-refractivity contribution < 1.29 is 14.3 Å². The Bertz CT molecular complexity index is 621. The maximum atomic E-state index is 12.1. The van der Waals surface area contributed by atoms with E-state index in [0.717, 1.165) is 10.0 Å². The molecule has 110 valence electrons. The van der Waals surface area contributed by atoms with Gasteiger partial charge in [0.25, 0.3) is 5.91 Å². The molecule has 0 aliphatic rings. The van der Waals surface area contributed by atoms with Gasteiger partial charge < -0.3 is 14.8 Å². The quantitative estimate of drug-likeness (QED) is 0.899. The van der Waals surface area contributed by atoms with Crippen LogP contribution in [0.4, 0.5) is 0 Å². The van der Waals surface area contributed by atoms with E-state index in [2.05, 4.69) is 21.2 Å². The fourth-order valence-electron chi connectivity index (χ4n) is 1.89. The van der Waals surface area contributed by atoms with Gasteiger partial charge in [0, 0.05) is 17.1 Å². The number of ether oxygens (including phenoxy) is 2. The Hall–Kier alpha value is -2.01. The molecule has 0 bridgehead atoms. The summed E-state index contributed by atoms with van der Waals surface area (Å²) in [4.78, 5) is 12.1. The van der Waals surface area contributed by atoms with Crippen LogP contribution in [0.5, 0.6) is 11.5 Å². The number of rotatable bonds is 5. The molecule has 0 atom stereocenters. The largest absolute Gasteiger partial charge is 0.497 e. The number of hydrogen-bond donors (Lipinski definition) is 1. The van der Waals surface area contributed by atoms with Crippen LogP contribution < -0.4 is 14.8 Å². The minimum Gasteiger partial charge on any atom is -0.497 e. The molecule has 0 spiro atoms. The highest BCUT2D eigenvalue weighted by Crippen LogP contribution is 2.22. The summed E-state index contributed by atoms with van der Waals surface area (Å²) in [6, 6.07) is 12.8. The lowest BCUT2D eigenvalue weighted by Crippen LogP contribution is -2.23. The first-order chi connectivity index (χ1) is 10.1. The third kappa shape index (κ3) is 3.98. The second-order valence-corrected chi connectivity index (χ2v) is 5.24. The second-order valence-electron chi connectivity index (χ2n) is 4.38. The maximum Gasteiger partial charge on any atom is 0.252 e. The lowest BCUT2D eigenvalue weighted by molar-refractivity contribution is 0.0950. The number of methoxy groups -OCH3 is 2. The number of nitrogens with one attached hydrogen (secondary N) is 1. The molecule has 21 heavy (non-hydrogen) atoms. The van der Waals surface area contributed by atoms with E-state index in [0.29, 0.717) is 23.6 Å². The van der Waals surface area contributed by atoms with E-state index in [1.54, 1.807) is 26.4 Å². The predicted octanol–water partition coefficient (Wildman–Crippen LogP) is 3.40. The Morgan fingerprint density at radius 1 is 1.10 bits per heavy atom. The molecule has 0 saturated carbocycles. The molecule has 0 aliphatic carbocycles. The van der Waals surface area contributed by atoms with Crippen molar-refractivity contribution in [3.05, 3.63) is 58.1 Å². The van der Waals surface area contributed by atoms with Crippen LogP contribution in [-0.4, -0.2) is 20.1 Å². The van der Waals surface area contributed by atoms with Gasteiger partial charge in [-0.2, -0.15) is 0 Å². The molecule has 0 radical (unpaired) electrons. The molecule has 0 aliphatic heterocycles. The van der Waals surface area contributed by atoms with E-state index in [9.17, 15) is 4.79 Å². The zero-order valence-corrected chi connectivity index (χ0v) is 13.4. The number of carbonyl (C=O) groups excluding carboxylic acids is 1. The molecule has 2 rings (SSSR count). The standard InChI is InChI=1S/C16H16BrNO3/c1-20-12-7-11(8-13(9-12)21-2)10-18-16(19)14-5-3-4-6-15(14)17/h3-9H,10H2,1-2H3,(H,18,19). The zero-order chi connectivity index (χ0) is 15.2. The Labute approximate surface area is 132 Å². The molecule has 2 aromatic rings. The highest BCUT2D eigenvalue weighted by molar-refractivity contribution is 9.10. The van der Waals surface area contributed by atoms with Gasteiger partial charge >= 0.3 is 0 Å². The molecular formula is C16H16BrNO3. The molecule has 0 fully saturated rings. The molecule has 0 heterocycles. The number of amides is 1. The summed E-state index contributed by atoms with van der Waals surface area (Å²) in [5.74, 6) is 1.25. The molecule has 0 aromatic heterocycles. The van der Waals surface area contributed by atoms with E-state index < -0.39 is 0 Å². The van der Waals surface area contributed by atoms with Gasteiger partial charge in [0.1, 0.15) is 11.5 Å². The van der Waals surface area contributed by atoms with Crippen molar-refractivity contribution in [2.45, 2.75) is 6.54 Å². The summed E-state index contributed by atoms with van der Waals surface area (Å²) in [6.07, 6.45) is 0. The lowest BCUT2D eigenvalue weighted by Gasteiger charge is -2.10. The van der Waals surface area contributed by atoms with Crippen molar-refractivity contribution in [1.29, 1.82) is 0 Å². The minimum absolute atomic E-state index is 0.135. The fourth-order valence-corrected chi connectivity index (χ4v) is 2.36. The zero-order valence-electron chi connectivity index (χ0n) is 11.9. The summed E-state index contributed by atoms with van der Waals surface area (Å²) >= 11 is 3.37. The van der Waals surface area contributed by atoms with Gasteiger partial charge in [-0.3, -0.25) is 4.79 Å². The Balaban J connectivity index is 2.09. The predicted molar refractivity (Wildman–Crippen MR) is 84.9 cm³/mol. The molecule has 4 nitrogen and oxygen atoms in total. The average molecular weight is 350 g/mol. The van der Waals surface area contributed by atoms with Crippen LogP contribution in [0, 0.1) is 0 Å². The topological polar surface area (TPSA) is 47.6 Å². The number of hydrogen-bond acceptors (Lipinski definition) is 3. The molecule has 0 unspecified atom stereocenters. The van der Waals surface area contributed by atoms with Gasteiger partial charge in [-0.05, 0) is 45.8 Å². The smallest absolute Gasteiger partial charge is 0.252 e. The van der Waals surface area contributed by atoms with Crippen molar-refractivity contribution in [3.63, 3.8) is 0 Å². The van der Waals surface area contributed by atoms with Crippen LogP contribution in [0.15, 0.2) is 46.9 Å². The van der Waals surface area contributed by atoms with Gasteiger partial charge in [0.15, 0.2) is 0 Å². The summed E-state index contributed by atoms with van der Waals surface area (Å²) in [5, 5.41) is 2.88. The van der Waals surface area contributed by atoms with E-state index in [4.69, 9.17) is 9.47 Å². The molecule has 1 N–H and O–H groups in total. The second kappa shape index (κ2) is 7.13. The highest BCUT2D eigenvalue weighted by Gasteiger charge is 2.09. The third-order valence-electron chi connectivity index (χ3n) is 2.98. The monoisotopic (exact) mass is 349 g/mol. The first kappa shape index (κ1) is 15.4. The van der Waals surface area contributed by atoms with Gasteiger partial charge in [-0.25, -0.2) is 0 Å². The molecule has 1 amide bonds. The maximum absolute atomic E-state index is 12.1. The van der Waals surface area contributed by atoms with Crippen LogP contribution in [0.25, 0.3) is 0 Å². The average Bonchev–Trinajstić information content (AvgIpc) is 2.52. The van der Waals surface area contributed by atoms with Gasteiger partial charge in [-0.15, -0.1) is 0 Å². The Morgan fingerprint density at radius 3 is 2.29 bits per heavy atom. The molecule has 2 aromatic carbocycles. The van der Waals surface area contributed by atoms with Crippen molar-refractivity contribution in [1.82, 2.24) is 5.32 Å². The van der Waals surface area contributed by atoms with Crippen molar-refractivity contribution in [2.75, 3.05) is 14.2 Å². The number of carbonyl (C=O) groups is 1. The van der Waals surface area contributed by atoms with Crippen molar-refractivity contribution in [3.8, 4) is 11.5 Å². The molecule has 0 saturated heterocycles. The van der Waals surface area contributed by atoms with Crippen molar-refractivity contribution >= 4 is 21.8 Å². The van der Waals surface area contributed by atoms with Crippen LogP contribution in [-0.2, 0) is 6.54 Å². The summed E-state index contributed by atoms with van der Waals surface area (Å²) in [5.41, 5.74) is 1.51. The number of halogens is 1. The lowest BCUT2D eigenvalue weighted by atomic mass is 10.1. The molecule has 5 heteroatoms. The minimum atomic E-state index is -0.135. The summed E-state index contributed by atoms with van der Waals surface area (Å²) in [6.45, 7) is 0.397. The van der Waals surface area contributed by atoms with Gasteiger partial charge in [0.05, 0.1) is 19.8 Å². The summed E-state index contributed by atoms with van der Waals surface area (Å²) < 4.78 is 11.2. The van der Waals surface area contributed by atoms with Crippen molar-refractivity contribution in [2.24, 2.45) is 0 Å². The first-order valence-corrected chi connectivity index (χ1v) is 7.18. The van der Waals surface area contributed by atoms with Crippen LogP contribution in [0.3, 0.4) is 0 Å². The van der Waals surface area contributed by atoms with Gasteiger partial charge in [-0.1, -0.05) is 12.1 Å². The molecular weight excluding hydrogens is 334 g/mol. The van der Waals surface area contributed by atoms with E-state index in [1.807, 2.05) is 30.3 Å². The Kier molecular flexibility index (Phi) is 5.22.